The van der Waals surface area contributed by atoms with E-state index in [1.165, 1.54) is 4.90 Å². The minimum atomic E-state index is -1.32. The number of amides is 3. The van der Waals surface area contributed by atoms with E-state index in [1.54, 1.807) is 37.6 Å². The van der Waals surface area contributed by atoms with E-state index in [9.17, 15) is 24.6 Å². The van der Waals surface area contributed by atoms with Crippen LogP contribution < -0.4 is 10.6 Å². The fourth-order valence-electron chi connectivity index (χ4n) is 4.14. The van der Waals surface area contributed by atoms with Gasteiger partial charge in [-0.1, -0.05) is 45.0 Å². The van der Waals surface area contributed by atoms with Crippen LogP contribution in [0.2, 0.25) is 0 Å². The van der Waals surface area contributed by atoms with Gasteiger partial charge in [-0.15, -0.1) is 11.3 Å². The van der Waals surface area contributed by atoms with Gasteiger partial charge in [-0.3, -0.25) is 9.59 Å². The van der Waals surface area contributed by atoms with Gasteiger partial charge in [0.1, 0.15) is 12.1 Å². The monoisotopic (exact) mass is 488 g/mol. The summed E-state index contributed by atoms with van der Waals surface area (Å²) in [5.41, 5.74) is 4.01. The van der Waals surface area contributed by atoms with Crippen LogP contribution >= 0.6 is 11.3 Å². The zero-order chi connectivity index (χ0) is 25.2. The third kappa shape index (κ3) is 5.74. The maximum atomic E-state index is 13.2. The number of carbonyl (C=O) groups is 3. The molecule has 1 saturated heterocycles. The van der Waals surface area contributed by atoms with Gasteiger partial charge in [-0.25, -0.2) is 9.78 Å². The minimum absolute atomic E-state index is 0.0257. The number of aliphatic hydroxyl groups is 1. The molecule has 1 aromatic carbocycles. The van der Waals surface area contributed by atoms with E-state index in [2.05, 4.69) is 15.6 Å². The Morgan fingerprint density at radius 1 is 1.18 bits per heavy atom. The Morgan fingerprint density at radius 2 is 1.82 bits per heavy atom. The van der Waals surface area contributed by atoms with Gasteiger partial charge in [0.25, 0.3) is 0 Å². The van der Waals surface area contributed by atoms with Gasteiger partial charge in [0.15, 0.2) is 0 Å². The summed E-state index contributed by atoms with van der Waals surface area (Å²) in [6, 6.07) is 5.60. The van der Waals surface area contributed by atoms with Crippen molar-refractivity contribution in [1.82, 2.24) is 20.5 Å². The second-order valence-electron chi connectivity index (χ2n) is 9.76. The molecule has 0 spiro atoms. The number of β-amino-alcohol motifs (C(OH)–C–C–N with tert-alkyl or cyclic N) is 1. The summed E-state index contributed by atoms with van der Waals surface area (Å²) in [7, 11) is 0. The molecule has 0 unspecified atom stereocenters. The van der Waals surface area contributed by atoms with Crippen molar-refractivity contribution in [3.05, 3.63) is 41.0 Å². The molecule has 1 aliphatic rings. The Labute approximate surface area is 203 Å². The molecular weight excluding hydrogens is 456 g/mol. The Hall–Kier alpha value is -2.98. The van der Waals surface area contributed by atoms with Crippen LogP contribution in [0.4, 0.5) is 4.79 Å². The molecule has 10 heteroatoms. The number of hydrogen-bond donors (Lipinski definition) is 4. The molecule has 3 amide bonds. The van der Waals surface area contributed by atoms with Crippen molar-refractivity contribution in [2.24, 2.45) is 5.41 Å². The van der Waals surface area contributed by atoms with Crippen molar-refractivity contribution in [1.29, 1.82) is 0 Å². The van der Waals surface area contributed by atoms with Crippen molar-refractivity contribution < 1.29 is 24.6 Å². The largest absolute Gasteiger partial charge is 0.465 e. The van der Waals surface area contributed by atoms with Crippen molar-refractivity contribution in [3.8, 4) is 10.4 Å². The minimum Gasteiger partial charge on any atom is -0.465 e. The number of aliphatic hydroxyl groups excluding tert-OH is 1. The normalized spacial score (nSPS) is 20.0. The van der Waals surface area contributed by atoms with Gasteiger partial charge in [0.2, 0.25) is 11.8 Å². The first-order valence-corrected chi connectivity index (χ1v) is 12.0. The third-order valence-electron chi connectivity index (χ3n) is 6.02. The number of carbonyl (C=O) groups excluding carboxylic acids is 2. The molecule has 1 aliphatic heterocycles. The molecule has 9 nitrogen and oxygen atoms in total. The molecule has 4 N–H and O–H groups in total. The van der Waals surface area contributed by atoms with Crippen LogP contribution in [0.3, 0.4) is 0 Å². The van der Waals surface area contributed by atoms with E-state index in [-0.39, 0.29) is 24.9 Å². The summed E-state index contributed by atoms with van der Waals surface area (Å²) < 4.78 is 0. The Bertz CT molecular complexity index is 1050. The maximum Gasteiger partial charge on any atom is 0.405 e. The van der Waals surface area contributed by atoms with E-state index in [4.69, 9.17) is 0 Å². The molecule has 4 atom stereocenters. The maximum absolute atomic E-state index is 13.2. The van der Waals surface area contributed by atoms with E-state index < -0.39 is 35.6 Å². The summed E-state index contributed by atoms with van der Waals surface area (Å²) in [6.45, 7) is 9.02. The lowest BCUT2D eigenvalue weighted by Gasteiger charge is -2.34. The lowest BCUT2D eigenvalue weighted by atomic mass is 9.85. The fourth-order valence-corrected chi connectivity index (χ4v) is 4.95. The van der Waals surface area contributed by atoms with Crippen LogP contribution in [0.1, 0.15) is 51.4 Å². The van der Waals surface area contributed by atoms with Gasteiger partial charge >= 0.3 is 6.09 Å². The summed E-state index contributed by atoms with van der Waals surface area (Å²) in [5.74, 6) is -0.911. The van der Waals surface area contributed by atoms with Gasteiger partial charge in [-0.2, -0.15) is 0 Å². The van der Waals surface area contributed by atoms with Crippen molar-refractivity contribution in [2.45, 2.75) is 65.3 Å². The average molecular weight is 489 g/mol. The molecule has 0 bridgehead atoms. The first-order valence-electron chi connectivity index (χ1n) is 11.2. The average Bonchev–Trinajstić information content (AvgIpc) is 3.36. The number of aryl methyl sites for hydroxylation is 1. The Balaban J connectivity index is 1.72. The van der Waals surface area contributed by atoms with E-state index >= 15 is 0 Å². The molecule has 184 valence electrons. The third-order valence-corrected chi connectivity index (χ3v) is 7.00. The topological polar surface area (TPSA) is 132 Å². The van der Waals surface area contributed by atoms with Gasteiger partial charge in [0.05, 0.1) is 28.2 Å². The summed E-state index contributed by atoms with van der Waals surface area (Å²) in [5, 5.41) is 24.6. The number of rotatable bonds is 6. The van der Waals surface area contributed by atoms with Crippen molar-refractivity contribution in [2.75, 3.05) is 6.54 Å². The zero-order valence-corrected chi connectivity index (χ0v) is 20.8. The molecule has 34 heavy (non-hydrogen) atoms. The Kier molecular flexibility index (Phi) is 7.62. The predicted molar refractivity (Wildman–Crippen MR) is 129 cm³/mol. The number of hydrogen-bond acceptors (Lipinski definition) is 6. The van der Waals surface area contributed by atoms with Crippen molar-refractivity contribution >= 4 is 29.2 Å². The number of likely N-dealkylation sites (tertiary alicyclic amines) is 1. The lowest BCUT2D eigenvalue weighted by Crippen LogP contribution is -2.57. The van der Waals surface area contributed by atoms with E-state index in [0.29, 0.717) is 0 Å². The SMILES string of the molecule is Cc1ncsc1-c1ccc([C@H](C)NC(=O)[C@@H]2C[C@@H](O)CN2C(=O)[C@@H](NC(=O)O)C(C)(C)C)cc1. The van der Waals surface area contributed by atoms with Crippen LogP contribution in [0.25, 0.3) is 10.4 Å². The smallest absolute Gasteiger partial charge is 0.405 e. The molecule has 0 saturated carbocycles. The molecule has 0 radical (unpaired) electrons. The highest BCUT2D eigenvalue weighted by molar-refractivity contribution is 7.13. The van der Waals surface area contributed by atoms with Gasteiger partial charge in [0, 0.05) is 13.0 Å². The van der Waals surface area contributed by atoms with Crippen LogP contribution in [0.15, 0.2) is 29.8 Å². The number of nitrogens with one attached hydrogen (secondary N) is 2. The predicted octanol–water partition coefficient (Wildman–Crippen LogP) is 2.94. The highest BCUT2D eigenvalue weighted by Crippen LogP contribution is 2.29. The summed E-state index contributed by atoms with van der Waals surface area (Å²) in [4.78, 5) is 44.3. The Morgan fingerprint density at radius 3 is 2.35 bits per heavy atom. The highest BCUT2D eigenvalue weighted by Gasteiger charge is 2.44. The first-order chi connectivity index (χ1) is 15.9. The number of nitrogens with zero attached hydrogens (tertiary/aromatic N) is 2. The van der Waals surface area contributed by atoms with E-state index in [1.807, 2.05) is 38.1 Å². The quantitative estimate of drug-likeness (QED) is 0.494. The van der Waals surface area contributed by atoms with Crippen molar-refractivity contribution in [3.63, 3.8) is 0 Å². The zero-order valence-electron chi connectivity index (χ0n) is 20.0. The number of benzene rings is 1. The first kappa shape index (κ1) is 25.6. The second-order valence-corrected chi connectivity index (χ2v) is 10.6. The molecule has 0 aliphatic carbocycles. The molecular formula is C24H32N4O5S. The van der Waals surface area contributed by atoms with Crippen LogP contribution in [-0.4, -0.2) is 62.7 Å². The molecule has 2 heterocycles. The van der Waals surface area contributed by atoms with Crippen LogP contribution in [0, 0.1) is 12.3 Å². The summed E-state index contributed by atoms with van der Waals surface area (Å²) >= 11 is 1.57. The lowest BCUT2D eigenvalue weighted by molar-refractivity contribution is -0.142. The van der Waals surface area contributed by atoms with Gasteiger partial charge < -0.3 is 25.7 Å². The van der Waals surface area contributed by atoms with E-state index in [0.717, 1.165) is 21.7 Å². The molecule has 1 fully saturated rings. The number of thiazole rings is 1. The van der Waals surface area contributed by atoms with Crippen LogP contribution in [-0.2, 0) is 9.59 Å². The second kappa shape index (κ2) is 10.1. The van der Waals surface area contributed by atoms with Crippen LogP contribution in [0.5, 0.6) is 0 Å². The molecule has 1 aromatic heterocycles. The standard InChI is InChI=1S/C24H32N4O5S/c1-13(15-6-8-16(9-7-15)19-14(2)25-12-34-19)26-21(30)18-10-17(29)11-28(18)22(31)20(24(3,4)5)27-23(32)33/h6-9,12-13,17-18,20,27,29H,10-11H2,1-5H3,(H,26,30)(H,32,33)/t13-,17+,18-,20+/m0/s1. The highest BCUT2D eigenvalue weighted by atomic mass is 32.1. The fraction of sp³-hybridized carbons (Fsp3) is 0.500. The molecule has 2 aromatic rings. The molecule has 3 rings (SSSR count). The number of carboxylic acid groups (broad SMARTS) is 1. The summed E-state index contributed by atoms with van der Waals surface area (Å²) in [6.07, 6.45) is -2.08. The van der Waals surface area contributed by atoms with Gasteiger partial charge in [-0.05, 0) is 30.4 Å². The number of aromatic nitrogens is 1.